The Balaban J connectivity index is 1.28. The van der Waals surface area contributed by atoms with Crippen LogP contribution in [0.4, 0.5) is 10.3 Å². The van der Waals surface area contributed by atoms with Crippen molar-refractivity contribution in [3.63, 3.8) is 0 Å². The molecule has 0 spiro atoms. The van der Waals surface area contributed by atoms with E-state index in [-0.39, 0.29) is 24.9 Å². The molecule has 43 heavy (non-hydrogen) atoms. The summed E-state index contributed by atoms with van der Waals surface area (Å²) < 4.78 is 36.2. The van der Waals surface area contributed by atoms with Gasteiger partial charge in [-0.05, 0) is 56.6 Å². The average Bonchev–Trinajstić information content (AvgIpc) is 3.48. The molecule has 12 nitrogen and oxygen atoms in total. The van der Waals surface area contributed by atoms with Gasteiger partial charge in [-0.1, -0.05) is 0 Å². The topological polar surface area (TPSA) is 136 Å². The first-order chi connectivity index (χ1) is 20.9. The summed E-state index contributed by atoms with van der Waals surface area (Å²) in [5.74, 6) is 0.444. The van der Waals surface area contributed by atoms with Gasteiger partial charge in [0.05, 0.1) is 48.9 Å². The van der Waals surface area contributed by atoms with Gasteiger partial charge < -0.3 is 34.6 Å². The highest BCUT2D eigenvalue weighted by Gasteiger charge is 2.40. The molecule has 5 rings (SSSR count). The number of nitrogens with one attached hydrogen (secondary N) is 3. The average molecular weight is 598 g/mol. The van der Waals surface area contributed by atoms with E-state index in [0.29, 0.717) is 47.6 Å². The highest BCUT2D eigenvalue weighted by molar-refractivity contribution is 5.82. The Morgan fingerprint density at radius 1 is 1.12 bits per heavy atom. The molecule has 0 unspecified atom stereocenters. The van der Waals surface area contributed by atoms with E-state index in [9.17, 15) is 9.18 Å². The summed E-state index contributed by atoms with van der Waals surface area (Å²) in [6, 6.07) is 7.89. The molecule has 0 saturated carbocycles. The van der Waals surface area contributed by atoms with Gasteiger partial charge in [0.15, 0.2) is 5.82 Å². The van der Waals surface area contributed by atoms with Gasteiger partial charge in [-0.2, -0.15) is 0 Å². The lowest BCUT2D eigenvalue weighted by Crippen LogP contribution is -2.48. The van der Waals surface area contributed by atoms with Gasteiger partial charge in [0, 0.05) is 51.7 Å². The third kappa shape index (κ3) is 8.12. The molecular formula is C30H40FN7O5. The number of anilines is 1. The van der Waals surface area contributed by atoms with Gasteiger partial charge in [-0.25, -0.2) is 19.3 Å². The van der Waals surface area contributed by atoms with Crippen LogP contribution < -0.4 is 10.6 Å². The van der Waals surface area contributed by atoms with E-state index >= 15 is 0 Å². The van der Waals surface area contributed by atoms with Crippen molar-refractivity contribution in [3.8, 4) is 22.6 Å². The minimum Gasteiger partial charge on any atom is -0.385 e. The molecule has 4 heterocycles. The smallest absolute Gasteiger partial charge is 0.230 e. The van der Waals surface area contributed by atoms with Crippen molar-refractivity contribution in [1.82, 2.24) is 30.2 Å². The van der Waals surface area contributed by atoms with E-state index in [1.165, 1.54) is 12.1 Å². The fourth-order valence-corrected chi connectivity index (χ4v) is 4.95. The fraction of sp³-hybridized carbons (Fsp3) is 0.533. The number of carbonyl (C=O) groups is 1. The third-order valence-electron chi connectivity index (χ3n) is 7.48. The quantitative estimate of drug-likeness (QED) is 0.252. The zero-order valence-corrected chi connectivity index (χ0v) is 24.7. The molecule has 0 aliphatic carbocycles. The van der Waals surface area contributed by atoms with Crippen LogP contribution in [-0.4, -0.2) is 104 Å². The number of rotatable bonds is 13. The molecule has 1 amide bonds. The monoisotopic (exact) mass is 597 g/mol. The lowest BCUT2D eigenvalue weighted by atomic mass is 9.91. The normalized spacial score (nSPS) is 21.0. The number of H-pyrrole nitrogens is 1. The fourth-order valence-electron chi connectivity index (χ4n) is 4.95. The lowest BCUT2D eigenvalue weighted by Gasteiger charge is -2.35. The predicted molar refractivity (Wildman–Crippen MR) is 158 cm³/mol. The first kappa shape index (κ1) is 31.0. The Morgan fingerprint density at radius 3 is 2.63 bits per heavy atom. The predicted octanol–water partition coefficient (Wildman–Crippen LogP) is 3.01. The molecule has 2 fully saturated rings. The molecule has 2 aliphatic heterocycles. The Hall–Kier alpha value is -3.49. The number of aromatic amines is 1. The van der Waals surface area contributed by atoms with Crippen molar-refractivity contribution in [2.24, 2.45) is 5.41 Å². The number of halogens is 1. The van der Waals surface area contributed by atoms with Crippen LogP contribution in [0.2, 0.25) is 0 Å². The number of morpholine rings is 1. The third-order valence-corrected chi connectivity index (χ3v) is 7.48. The van der Waals surface area contributed by atoms with Crippen LogP contribution in [0.3, 0.4) is 0 Å². The minimum absolute atomic E-state index is 0.139. The van der Waals surface area contributed by atoms with E-state index in [1.807, 2.05) is 6.92 Å². The van der Waals surface area contributed by atoms with E-state index < -0.39 is 11.7 Å². The van der Waals surface area contributed by atoms with Crippen LogP contribution in [0.5, 0.6) is 0 Å². The first-order valence-electron chi connectivity index (χ1n) is 14.7. The van der Waals surface area contributed by atoms with Gasteiger partial charge >= 0.3 is 0 Å². The summed E-state index contributed by atoms with van der Waals surface area (Å²) in [4.78, 5) is 32.4. The van der Waals surface area contributed by atoms with Crippen molar-refractivity contribution >= 4 is 11.9 Å². The van der Waals surface area contributed by atoms with Gasteiger partial charge in [0.2, 0.25) is 18.1 Å². The molecule has 0 bridgehead atoms. The summed E-state index contributed by atoms with van der Waals surface area (Å²) in [6.07, 6.45) is 2.54. The number of hydrogen-bond donors (Lipinski definition) is 3. The second-order valence-electron chi connectivity index (χ2n) is 11.0. The van der Waals surface area contributed by atoms with Crippen molar-refractivity contribution in [2.75, 3.05) is 78.2 Å². The molecule has 0 atom stereocenters. The van der Waals surface area contributed by atoms with Crippen LogP contribution in [0.15, 0.2) is 36.5 Å². The van der Waals surface area contributed by atoms with E-state index in [4.69, 9.17) is 28.9 Å². The van der Waals surface area contributed by atoms with E-state index in [0.717, 1.165) is 52.2 Å². The Labute approximate surface area is 250 Å². The van der Waals surface area contributed by atoms with Crippen LogP contribution in [0.25, 0.3) is 22.6 Å². The highest BCUT2D eigenvalue weighted by Crippen LogP contribution is 2.35. The van der Waals surface area contributed by atoms with Crippen LogP contribution >= 0.6 is 0 Å². The summed E-state index contributed by atoms with van der Waals surface area (Å²) in [5, 5.41) is 6.24. The van der Waals surface area contributed by atoms with Gasteiger partial charge in [0.1, 0.15) is 5.82 Å². The zero-order valence-electron chi connectivity index (χ0n) is 24.7. The van der Waals surface area contributed by atoms with E-state index in [1.54, 1.807) is 31.5 Å². The van der Waals surface area contributed by atoms with Gasteiger partial charge in [-0.3, -0.25) is 9.69 Å². The number of amides is 1. The summed E-state index contributed by atoms with van der Waals surface area (Å²) in [7, 11) is 1.63. The molecular weight excluding hydrogens is 557 g/mol. The van der Waals surface area contributed by atoms with Crippen LogP contribution in [-0.2, 0) is 23.7 Å². The maximum absolute atomic E-state index is 13.8. The van der Waals surface area contributed by atoms with Gasteiger partial charge in [0.25, 0.3) is 0 Å². The van der Waals surface area contributed by atoms with E-state index in [2.05, 4.69) is 25.5 Å². The lowest BCUT2D eigenvalue weighted by molar-refractivity contribution is -0.231. The molecule has 2 saturated heterocycles. The number of ether oxygens (including phenoxy) is 4. The number of aromatic nitrogens is 4. The first-order valence-corrected chi connectivity index (χ1v) is 14.7. The number of imidazole rings is 1. The second-order valence-corrected chi connectivity index (χ2v) is 11.0. The maximum Gasteiger partial charge on any atom is 0.230 e. The molecule has 2 aliphatic rings. The Kier molecular flexibility index (Phi) is 10.7. The Bertz CT molecular complexity index is 1320. The molecule has 0 radical (unpaired) electrons. The number of nitrogens with zero attached hydrogens (tertiary/aromatic N) is 4. The SMILES string of the molecule is COCCCNC(=O)C1(C)COC(c2nc(-c3ccc(F)cc3)c(-c3ccnc(NCCCN4CCOCC4)n3)[nH]2)OC1. The molecule has 13 heteroatoms. The number of carbonyl (C=O) groups excluding carboxylic acids is 1. The summed E-state index contributed by atoms with van der Waals surface area (Å²) >= 11 is 0. The molecule has 232 valence electrons. The molecule has 3 aromatic rings. The van der Waals surface area contributed by atoms with Crippen molar-refractivity contribution in [1.29, 1.82) is 0 Å². The van der Waals surface area contributed by atoms with Crippen molar-refractivity contribution in [2.45, 2.75) is 26.1 Å². The number of benzene rings is 1. The summed E-state index contributed by atoms with van der Waals surface area (Å²) in [6.45, 7) is 8.37. The standard InChI is InChI=1S/C30H40FN7O5/c1-30(28(39)32-11-4-16-40-2)19-42-27(43-20-30)26-36-24(21-5-7-22(31)8-6-21)25(37-26)23-9-12-34-29(35-23)33-10-3-13-38-14-17-41-18-15-38/h5-9,12,27H,3-4,10-11,13-20H2,1-2H3,(H,32,39)(H,36,37)(H,33,34,35). The van der Waals surface area contributed by atoms with Gasteiger partial charge in [-0.15, -0.1) is 0 Å². The molecule has 2 aromatic heterocycles. The Morgan fingerprint density at radius 2 is 1.88 bits per heavy atom. The number of hydrogen-bond acceptors (Lipinski definition) is 10. The minimum atomic E-state index is -0.840. The molecule has 3 N–H and O–H groups in total. The van der Waals surface area contributed by atoms with Crippen molar-refractivity contribution < 1.29 is 28.1 Å². The van der Waals surface area contributed by atoms with Crippen LogP contribution in [0.1, 0.15) is 31.9 Å². The maximum atomic E-state index is 13.8. The number of methoxy groups -OCH3 is 1. The second kappa shape index (κ2) is 14.8. The highest BCUT2D eigenvalue weighted by atomic mass is 19.1. The van der Waals surface area contributed by atoms with Crippen LogP contribution in [0, 0.1) is 11.2 Å². The largest absolute Gasteiger partial charge is 0.385 e. The zero-order chi connectivity index (χ0) is 30.1. The van der Waals surface area contributed by atoms with Crippen molar-refractivity contribution in [3.05, 3.63) is 48.2 Å². The molecule has 1 aromatic carbocycles. The summed E-state index contributed by atoms with van der Waals surface area (Å²) in [5.41, 5.74) is 1.67.